The van der Waals surface area contributed by atoms with Crippen LogP contribution in [0.5, 0.6) is 11.5 Å². The molecule has 2 aliphatic heterocycles. The van der Waals surface area contributed by atoms with Gasteiger partial charge in [-0.25, -0.2) is 0 Å². The van der Waals surface area contributed by atoms with Gasteiger partial charge in [0.1, 0.15) is 11.5 Å². The van der Waals surface area contributed by atoms with Gasteiger partial charge in [-0.2, -0.15) is 0 Å². The van der Waals surface area contributed by atoms with Gasteiger partial charge in [-0.1, -0.05) is 140 Å². The van der Waals surface area contributed by atoms with Gasteiger partial charge < -0.3 is 19.3 Å². The molecule has 0 radical (unpaired) electrons. The Balaban J connectivity index is 0.000000523. The Morgan fingerprint density at radius 3 is 1.58 bits per heavy atom. The van der Waals surface area contributed by atoms with Crippen LogP contribution in [0.1, 0.15) is 106 Å². The van der Waals surface area contributed by atoms with E-state index in [2.05, 4.69) is 112 Å². The highest BCUT2D eigenvalue weighted by Crippen LogP contribution is 2.54. The fraction of sp³-hybridized carbons (Fsp3) is 0.600. The highest BCUT2D eigenvalue weighted by atomic mass is 32.2. The maximum atomic E-state index is 6.20. The molecule has 5 nitrogen and oxygen atoms in total. The molecule has 0 atom stereocenters. The minimum absolute atomic E-state index is 0.524. The Bertz CT molecular complexity index is 1450. The van der Waals surface area contributed by atoms with E-state index in [0.29, 0.717) is 5.41 Å². The number of thiol groups is 3. The summed E-state index contributed by atoms with van der Waals surface area (Å²) in [7, 11) is 11.8. The molecular weight excluding hydrogens is 811 g/mol. The van der Waals surface area contributed by atoms with E-state index in [1.807, 2.05) is 48.8 Å². The van der Waals surface area contributed by atoms with Crippen LogP contribution in [0.15, 0.2) is 60.8 Å². The predicted molar refractivity (Wildman–Crippen MR) is 258 cm³/mol. The number of methoxy groups -OCH3 is 1. The quantitative estimate of drug-likeness (QED) is 0.0701. The van der Waals surface area contributed by atoms with Crippen LogP contribution < -0.4 is 24.0 Å². The molecular formula is C40H67N3O2S8. The zero-order valence-corrected chi connectivity index (χ0v) is 41.2. The van der Waals surface area contributed by atoms with Gasteiger partial charge in [0.15, 0.2) is 0 Å². The van der Waals surface area contributed by atoms with E-state index in [0.717, 1.165) is 48.6 Å². The van der Waals surface area contributed by atoms with E-state index in [1.54, 1.807) is 66.1 Å². The lowest BCUT2D eigenvalue weighted by Gasteiger charge is -2.23. The average Bonchev–Trinajstić information content (AvgIpc) is 3.14. The number of unbranched alkanes of at least 4 members (excludes halogenated alkanes) is 6. The lowest BCUT2D eigenvalue weighted by molar-refractivity contribution is 0.300. The Labute approximate surface area is 362 Å². The van der Waals surface area contributed by atoms with Gasteiger partial charge in [0.05, 0.1) is 42.0 Å². The van der Waals surface area contributed by atoms with Gasteiger partial charge in [-0.15, -0.1) is 37.9 Å². The molecule has 302 valence electrons. The fourth-order valence-electron chi connectivity index (χ4n) is 5.05. The van der Waals surface area contributed by atoms with Crippen molar-refractivity contribution in [2.45, 2.75) is 126 Å². The second-order valence-corrected chi connectivity index (χ2v) is 20.8. The molecule has 0 amide bonds. The van der Waals surface area contributed by atoms with Crippen LogP contribution in [0.2, 0.25) is 0 Å². The van der Waals surface area contributed by atoms with E-state index < -0.39 is 0 Å². The number of benzene rings is 2. The van der Waals surface area contributed by atoms with Crippen LogP contribution in [0.25, 0.3) is 0 Å². The fourth-order valence-corrected chi connectivity index (χ4v) is 11.2. The third-order valence-electron chi connectivity index (χ3n) is 8.32. The number of anilines is 2. The number of nitrogens with zero attached hydrogens (tertiary/aromatic N) is 2. The van der Waals surface area contributed by atoms with Crippen LogP contribution >= 0.6 is 96.9 Å². The van der Waals surface area contributed by atoms with Crippen molar-refractivity contribution in [2.24, 2.45) is 5.41 Å². The molecule has 0 bridgehead atoms. The number of thioether (sulfide) groups is 4. The maximum Gasteiger partial charge on any atom is 0.143 e. The Hall–Kier alpha value is -0.120. The SMILES string of the molecule is CC.CC.CCC(C)(C)CCCCCCCCCOc1cc2c(cc1N(C)C)SC(S)=C(S)S2.CNSC1=C(S)Sc2cc(OC)c(N(C)C)cc2S1. The Morgan fingerprint density at radius 1 is 0.660 bits per heavy atom. The highest BCUT2D eigenvalue weighted by molar-refractivity contribution is 8.26. The standard InChI is InChI=1S/C24H39NOS4.C12H16N2OS4.2C2H6/c1-6-24(2,3)14-12-10-8-7-9-11-13-15-26-19-17-21-20(16-18(19)25(4)5)29-22(27)23(28)30-21;1-13-19-12-11(16)17-10-6-8(15-4)7(14(2)3)5-9(10)18-12;2*1-2/h16-17,27-28H,6-15H2,1-5H3;5-6,13,16H,1-4H3;2*1-2H3. The van der Waals surface area contributed by atoms with Gasteiger partial charge in [0.2, 0.25) is 0 Å². The first-order valence-corrected chi connectivity index (χ1v) is 24.2. The van der Waals surface area contributed by atoms with Crippen molar-refractivity contribution >= 4 is 108 Å². The van der Waals surface area contributed by atoms with E-state index in [-0.39, 0.29) is 0 Å². The normalized spacial score (nSPS) is 13.4. The predicted octanol–water partition coefficient (Wildman–Crippen LogP) is 14.8. The second kappa shape index (κ2) is 27.5. The van der Waals surface area contributed by atoms with Crippen molar-refractivity contribution in [1.29, 1.82) is 0 Å². The summed E-state index contributed by atoms with van der Waals surface area (Å²) >= 11 is 22.0. The molecule has 0 fully saturated rings. The zero-order chi connectivity index (χ0) is 40.1. The monoisotopic (exact) mass is 877 g/mol. The zero-order valence-electron chi connectivity index (χ0n) is 34.5. The molecule has 1 N–H and O–H groups in total. The van der Waals surface area contributed by atoms with Gasteiger partial charge in [-0.3, -0.25) is 4.72 Å². The smallest absolute Gasteiger partial charge is 0.143 e. The first-order valence-electron chi connectivity index (χ1n) is 18.8. The van der Waals surface area contributed by atoms with Crippen LogP contribution in [-0.4, -0.2) is 49.0 Å². The molecule has 2 heterocycles. The van der Waals surface area contributed by atoms with Crippen molar-refractivity contribution in [1.82, 2.24) is 4.72 Å². The number of nitrogens with one attached hydrogen (secondary N) is 1. The average molecular weight is 879 g/mol. The lowest BCUT2D eigenvalue weighted by atomic mass is 9.84. The number of rotatable bonds is 17. The summed E-state index contributed by atoms with van der Waals surface area (Å²) in [4.78, 5) is 9.05. The summed E-state index contributed by atoms with van der Waals surface area (Å²) in [5.41, 5.74) is 2.74. The van der Waals surface area contributed by atoms with Crippen LogP contribution in [0, 0.1) is 5.41 Å². The minimum atomic E-state index is 0.524. The van der Waals surface area contributed by atoms with Crippen LogP contribution in [0.4, 0.5) is 11.4 Å². The van der Waals surface area contributed by atoms with E-state index in [9.17, 15) is 0 Å². The van der Waals surface area contributed by atoms with Gasteiger partial charge in [0.25, 0.3) is 0 Å². The number of hydrogen-bond donors (Lipinski definition) is 4. The summed E-state index contributed by atoms with van der Waals surface area (Å²) in [6.07, 6.45) is 11.8. The lowest BCUT2D eigenvalue weighted by Crippen LogP contribution is -2.12. The van der Waals surface area contributed by atoms with E-state index in [4.69, 9.17) is 9.47 Å². The first kappa shape index (κ1) is 50.9. The van der Waals surface area contributed by atoms with E-state index >= 15 is 0 Å². The van der Waals surface area contributed by atoms with Gasteiger partial charge in [-0.05, 0) is 61.5 Å². The Morgan fingerprint density at radius 2 is 1.09 bits per heavy atom. The third kappa shape index (κ3) is 17.5. The first-order chi connectivity index (χ1) is 25.3. The van der Waals surface area contributed by atoms with Crippen molar-refractivity contribution in [3.05, 3.63) is 41.2 Å². The summed E-state index contributed by atoms with van der Waals surface area (Å²) in [6.45, 7) is 15.9. The summed E-state index contributed by atoms with van der Waals surface area (Å²) in [6, 6.07) is 8.62. The van der Waals surface area contributed by atoms with Crippen LogP contribution in [-0.2, 0) is 0 Å². The number of hydrogen-bond acceptors (Lipinski definition) is 13. The molecule has 13 heteroatoms. The van der Waals surface area contributed by atoms with Crippen molar-refractivity contribution in [3.8, 4) is 11.5 Å². The topological polar surface area (TPSA) is 37.0 Å². The largest absolute Gasteiger partial charge is 0.495 e. The molecule has 0 saturated heterocycles. The van der Waals surface area contributed by atoms with Crippen LogP contribution in [0.3, 0.4) is 0 Å². The summed E-state index contributed by atoms with van der Waals surface area (Å²) in [5, 5.41) is 0. The molecule has 0 aromatic heterocycles. The van der Waals surface area contributed by atoms with Crippen molar-refractivity contribution in [2.75, 3.05) is 58.8 Å². The molecule has 4 rings (SSSR count). The van der Waals surface area contributed by atoms with Crippen molar-refractivity contribution in [3.63, 3.8) is 0 Å². The van der Waals surface area contributed by atoms with Crippen molar-refractivity contribution < 1.29 is 9.47 Å². The maximum absolute atomic E-state index is 6.20. The molecule has 0 saturated carbocycles. The molecule has 0 spiro atoms. The third-order valence-corrected chi connectivity index (χ3v) is 16.1. The Kier molecular flexibility index (Phi) is 26.4. The molecule has 53 heavy (non-hydrogen) atoms. The minimum Gasteiger partial charge on any atom is -0.495 e. The van der Waals surface area contributed by atoms with Gasteiger partial charge >= 0.3 is 0 Å². The summed E-state index contributed by atoms with van der Waals surface area (Å²) in [5.74, 6) is 1.86. The highest BCUT2D eigenvalue weighted by Gasteiger charge is 2.22. The molecule has 2 aromatic rings. The summed E-state index contributed by atoms with van der Waals surface area (Å²) < 4.78 is 18.9. The molecule has 2 aliphatic rings. The van der Waals surface area contributed by atoms with E-state index in [1.165, 1.54) is 75.2 Å². The molecule has 0 unspecified atom stereocenters. The number of ether oxygens (including phenoxy) is 2. The second-order valence-electron chi connectivity index (χ2n) is 13.0. The van der Waals surface area contributed by atoms with Gasteiger partial charge in [0, 0.05) is 47.8 Å². The molecule has 2 aromatic carbocycles. The molecule has 0 aliphatic carbocycles. The number of fused-ring (bicyclic) bond motifs is 2.